The molecular weight excluding hydrogens is 487 g/mol. The van der Waals surface area contributed by atoms with Crippen LogP contribution in [0.25, 0.3) is 11.1 Å². The minimum absolute atomic E-state index is 0.154. The number of hydrogen-bond acceptors (Lipinski definition) is 1. The van der Waals surface area contributed by atoms with Gasteiger partial charge in [-0.15, -0.1) is 13.2 Å². The summed E-state index contributed by atoms with van der Waals surface area (Å²) < 4.78 is 70.9. The molecule has 1 nitrogen and oxygen atoms in total. The number of benzene rings is 2. The van der Waals surface area contributed by atoms with E-state index in [0.29, 0.717) is 5.56 Å². The van der Waals surface area contributed by atoms with Crippen molar-refractivity contribution in [2.24, 2.45) is 11.8 Å². The number of ether oxygens (including phenoxy) is 1. The summed E-state index contributed by atoms with van der Waals surface area (Å²) in [5, 5.41) is 0. The average Bonchev–Trinajstić information content (AvgIpc) is 2.84. The van der Waals surface area contributed by atoms with Crippen molar-refractivity contribution < 1.29 is 26.7 Å². The van der Waals surface area contributed by atoms with Crippen LogP contribution in [0.1, 0.15) is 76.2 Å². The number of halogens is 5. The highest BCUT2D eigenvalue weighted by Crippen LogP contribution is 2.44. The number of rotatable bonds is 8. The first-order chi connectivity index (χ1) is 17.2. The molecule has 2 aliphatic rings. The molecule has 1 heterocycles. The van der Waals surface area contributed by atoms with Crippen LogP contribution in [0.15, 0.2) is 36.4 Å². The van der Waals surface area contributed by atoms with Crippen LogP contribution in [0.3, 0.4) is 0 Å². The summed E-state index contributed by atoms with van der Waals surface area (Å²) in [4.78, 5) is 0. The van der Waals surface area contributed by atoms with Crippen molar-refractivity contribution >= 4 is 8.80 Å². The molecule has 0 spiro atoms. The topological polar surface area (TPSA) is 9.23 Å². The van der Waals surface area contributed by atoms with Crippen molar-refractivity contribution in [1.29, 1.82) is 0 Å². The van der Waals surface area contributed by atoms with Gasteiger partial charge in [0, 0.05) is 8.80 Å². The molecule has 0 N–H and O–H groups in total. The van der Waals surface area contributed by atoms with Crippen molar-refractivity contribution in [3.63, 3.8) is 0 Å². The van der Waals surface area contributed by atoms with Crippen LogP contribution in [0.5, 0.6) is 5.75 Å². The van der Waals surface area contributed by atoms with Crippen LogP contribution in [0.2, 0.25) is 18.1 Å². The fourth-order valence-corrected chi connectivity index (χ4v) is 10.0. The van der Waals surface area contributed by atoms with Gasteiger partial charge in [-0.1, -0.05) is 69.3 Å². The maximum atomic E-state index is 15.0. The molecule has 0 aromatic heterocycles. The number of alkyl halides is 3. The van der Waals surface area contributed by atoms with Gasteiger partial charge < -0.3 is 4.74 Å². The van der Waals surface area contributed by atoms with Gasteiger partial charge in [0.1, 0.15) is 17.4 Å². The van der Waals surface area contributed by atoms with Crippen LogP contribution in [0.4, 0.5) is 22.0 Å². The molecule has 2 aromatic rings. The van der Waals surface area contributed by atoms with E-state index in [1.54, 1.807) is 0 Å². The number of unbranched alkanes of at least 4 members (excludes halogenated alkanes) is 2. The second-order valence-corrected chi connectivity index (χ2v) is 14.3. The van der Waals surface area contributed by atoms with Gasteiger partial charge in [-0.25, -0.2) is 8.78 Å². The molecule has 4 rings (SSSR count). The highest BCUT2D eigenvalue weighted by molar-refractivity contribution is 6.58. The summed E-state index contributed by atoms with van der Waals surface area (Å²) in [6.45, 7) is 2.27. The summed E-state index contributed by atoms with van der Waals surface area (Å²) in [6, 6.07) is 12.0. The third-order valence-electron chi connectivity index (χ3n) is 8.46. The Hall–Kier alpha value is -1.89. The third-order valence-corrected chi connectivity index (χ3v) is 12.0. The molecule has 0 atom stereocenters. The Morgan fingerprint density at radius 2 is 1.42 bits per heavy atom. The van der Waals surface area contributed by atoms with E-state index in [1.165, 1.54) is 74.5 Å². The Balaban J connectivity index is 1.33. The van der Waals surface area contributed by atoms with Crippen LogP contribution >= 0.6 is 0 Å². The minimum Gasteiger partial charge on any atom is -0.406 e. The van der Waals surface area contributed by atoms with E-state index in [4.69, 9.17) is 0 Å². The highest BCUT2D eigenvalue weighted by atomic mass is 28.3. The largest absolute Gasteiger partial charge is 0.573 e. The van der Waals surface area contributed by atoms with Gasteiger partial charge in [0.2, 0.25) is 0 Å². The maximum absolute atomic E-state index is 15.0. The molecule has 2 fully saturated rings. The van der Waals surface area contributed by atoms with E-state index in [0.717, 1.165) is 49.7 Å². The van der Waals surface area contributed by atoms with Crippen molar-refractivity contribution in [2.75, 3.05) is 0 Å². The van der Waals surface area contributed by atoms with Crippen molar-refractivity contribution in [1.82, 2.24) is 0 Å². The fraction of sp³-hybridized carbons (Fsp3) is 0.586. The predicted octanol–water partition coefficient (Wildman–Crippen LogP) is 9.63. The molecule has 0 unspecified atom stereocenters. The van der Waals surface area contributed by atoms with Gasteiger partial charge in [0.05, 0.1) is 5.56 Å². The molecule has 1 aliphatic heterocycles. The van der Waals surface area contributed by atoms with Crippen LogP contribution in [-0.4, -0.2) is 15.2 Å². The molecule has 198 valence electrons. The molecule has 0 bridgehead atoms. The molecule has 1 saturated heterocycles. The van der Waals surface area contributed by atoms with Gasteiger partial charge in [0.15, 0.2) is 0 Å². The Morgan fingerprint density at radius 3 is 1.97 bits per heavy atom. The second kappa shape index (κ2) is 12.1. The lowest BCUT2D eigenvalue weighted by Gasteiger charge is -2.37. The van der Waals surface area contributed by atoms with Gasteiger partial charge >= 0.3 is 6.36 Å². The summed E-state index contributed by atoms with van der Waals surface area (Å²) in [5.41, 5.74) is 0.658. The highest BCUT2D eigenvalue weighted by Gasteiger charge is 2.33. The van der Waals surface area contributed by atoms with Gasteiger partial charge in [-0.2, -0.15) is 0 Å². The van der Waals surface area contributed by atoms with E-state index in [1.807, 2.05) is 0 Å². The molecule has 0 radical (unpaired) electrons. The third kappa shape index (κ3) is 7.11. The lowest BCUT2D eigenvalue weighted by molar-refractivity contribution is -0.274. The van der Waals surface area contributed by atoms with Crippen molar-refractivity contribution in [2.45, 2.75) is 95.1 Å². The standard InChI is InChI=1S/C29H37F5OSi/c1-2-3-4-15-36-16-13-22(14-17-36)20-5-7-21(8-6-20)24-18-26(30)28(27(31)19-24)23-9-11-25(12-10-23)35-29(32,33)34/h9-12,18-22,36H,2-8,13-17H2,1H3/t20-,21-,22?,36?. The first kappa shape index (κ1) is 27.1. The molecule has 36 heavy (non-hydrogen) atoms. The SMILES string of the molecule is CCCCC[SiH]1CCC([C@H]2CC[C@H](c3cc(F)c(-c4ccc(OC(F)(F)F)cc4)c(F)c3)CC2)CC1. The first-order valence-corrected chi connectivity index (χ1v) is 16.0. The zero-order chi connectivity index (χ0) is 25.7. The Bertz CT molecular complexity index is 951. The molecule has 1 aliphatic carbocycles. The van der Waals surface area contributed by atoms with Gasteiger partial charge in [0.25, 0.3) is 0 Å². The average molecular weight is 525 g/mol. The summed E-state index contributed by atoms with van der Waals surface area (Å²) in [6.07, 6.45) is 6.25. The monoisotopic (exact) mass is 524 g/mol. The predicted molar refractivity (Wildman–Crippen MR) is 137 cm³/mol. The quantitative estimate of drug-likeness (QED) is 0.190. The van der Waals surface area contributed by atoms with Gasteiger partial charge in [-0.3, -0.25) is 0 Å². The minimum atomic E-state index is -4.81. The van der Waals surface area contributed by atoms with E-state index in [-0.39, 0.29) is 17.0 Å². The Kier molecular flexibility index (Phi) is 9.13. The Morgan fingerprint density at radius 1 is 0.833 bits per heavy atom. The second-order valence-electron chi connectivity index (χ2n) is 10.8. The molecular formula is C29H37F5OSi. The smallest absolute Gasteiger partial charge is 0.406 e. The van der Waals surface area contributed by atoms with Crippen molar-refractivity contribution in [3.05, 3.63) is 53.6 Å². The molecule has 1 saturated carbocycles. The summed E-state index contributed by atoms with van der Waals surface area (Å²) >= 11 is 0. The summed E-state index contributed by atoms with van der Waals surface area (Å²) in [5.74, 6) is -0.0421. The van der Waals surface area contributed by atoms with Crippen LogP contribution in [0, 0.1) is 23.5 Å². The maximum Gasteiger partial charge on any atom is 0.573 e. The van der Waals surface area contributed by atoms with Crippen LogP contribution < -0.4 is 4.74 Å². The Labute approximate surface area is 213 Å². The van der Waals surface area contributed by atoms with Crippen molar-refractivity contribution in [3.8, 4) is 16.9 Å². The molecule has 0 amide bonds. The number of hydrogen-bond donors (Lipinski definition) is 0. The fourth-order valence-electron chi connectivity index (χ4n) is 6.48. The lowest BCUT2D eigenvalue weighted by Crippen LogP contribution is -2.28. The summed E-state index contributed by atoms with van der Waals surface area (Å²) in [7, 11) is -0.507. The van der Waals surface area contributed by atoms with Crippen LogP contribution in [-0.2, 0) is 0 Å². The van der Waals surface area contributed by atoms with E-state index in [2.05, 4.69) is 11.7 Å². The van der Waals surface area contributed by atoms with Gasteiger partial charge in [-0.05, 0) is 78.8 Å². The van der Waals surface area contributed by atoms with E-state index < -0.39 is 32.5 Å². The zero-order valence-corrected chi connectivity index (χ0v) is 22.2. The zero-order valence-electron chi connectivity index (χ0n) is 21.1. The molecule has 7 heteroatoms. The first-order valence-electron chi connectivity index (χ1n) is 13.6. The normalized spacial score (nSPS) is 25.1. The van der Waals surface area contributed by atoms with E-state index >= 15 is 0 Å². The molecule has 2 aromatic carbocycles. The lowest BCUT2D eigenvalue weighted by atomic mass is 9.72. The van der Waals surface area contributed by atoms with E-state index in [9.17, 15) is 22.0 Å².